The van der Waals surface area contributed by atoms with Crippen molar-refractivity contribution in [3.8, 4) is 28.5 Å². The van der Waals surface area contributed by atoms with Gasteiger partial charge in [0.15, 0.2) is 17.3 Å². The second-order valence-corrected chi connectivity index (χ2v) is 6.42. The van der Waals surface area contributed by atoms with Gasteiger partial charge in [-0.25, -0.2) is 4.98 Å². The summed E-state index contributed by atoms with van der Waals surface area (Å²) < 4.78 is 47.0. The van der Waals surface area contributed by atoms with Gasteiger partial charge < -0.3 is 4.74 Å². The van der Waals surface area contributed by atoms with Crippen LogP contribution in [0.3, 0.4) is 0 Å². The molecule has 3 heterocycles. The number of aromatic amines is 1. The standard InChI is InChI=1S/C17H16F3N5O2/c1-27-11-8-21-7-6-10(11)14-22-15-12(16(26)23-14)13(17(18,19)20)24-25(15)9-4-2-3-5-9/h6-9,24H,2-5H2,1H3. The molecule has 0 saturated heterocycles. The largest absolute Gasteiger partial charge is 0.494 e. The highest BCUT2D eigenvalue weighted by molar-refractivity contribution is 5.68. The Morgan fingerprint density at radius 3 is 2.67 bits per heavy atom. The van der Waals surface area contributed by atoms with Crippen LogP contribution in [0, 0.1) is 0 Å². The zero-order valence-electron chi connectivity index (χ0n) is 14.4. The molecule has 0 bridgehead atoms. The van der Waals surface area contributed by atoms with Gasteiger partial charge in [0.1, 0.15) is 11.3 Å². The highest BCUT2D eigenvalue weighted by atomic mass is 19.4. The van der Waals surface area contributed by atoms with E-state index in [-0.39, 0.29) is 17.7 Å². The first kappa shape index (κ1) is 17.5. The molecule has 4 rings (SSSR count). The van der Waals surface area contributed by atoms with Crippen molar-refractivity contribution in [2.45, 2.75) is 37.9 Å². The second-order valence-electron chi connectivity index (χ2n) is 6.42. The van der Waals surface area contributed by atoms with Crippen LogP contribution in [0.25, 0.3) is 22.8 Å². The molecule has 1 N–H and O–H groups in total. The van der Waals surface area contributed by atoms with Crippen LogP contribution >= 0.6 is 0 Å². The molecule has 7 nitrogen and oxygen atoms in total. The molecule has 3 aliphatic rings. The molecule has 1 aliphatic carbocycles. The van der Waals surface area contributed by atoms with E-state index >= 15 is 0 Å². The van der Waals surface area contributed by atoms with E-state index in [1.54, 1.807) is 6.07 Å². The first-order chi connectivity index (χ1) is 12.9. The zero-order chi connectivity index (χ0) is 19.2. The van der Waals surface area contributed by atoms with Crippen molar-refractivity contribution < 1.29 is 17.9 Å². The minimum Gasteiger partial charge on any atom is -0.494 e. The first-order valence-corrected chi connectivity index (χ1v) is 8.48. The fourth-order valence-electron chi connectivity index (χ4n) is 3.53. The Kier molecular flexibility index (Phi) is 4.12. The van der Waals surface area contributed by atoms with E-state index in [0.29, 0.717) is 11.3 Å². The molecule has 0 radical (unpaired) electrons. The van der Waals surface area contributed by atoms with Crippen LogP contribution in [0.1, 0.15) is 37.4 Å². The SMILES string of the molecule is COc1cnccc1-c1nc2n(C3CCCC3)[nH]c(C(F)(F)F)c-2c(=O)n1. The van der Waals surface area contributed by atoms with Crippen LogP contribution in [0.4, 0.5) is 13.2 Å². The molecule has 0 spiro atoms. The Labute approximate surface area is 151 Å². The van der Waals surface area contributed by atoms with Gasteiger partial charge in [0, 0.05) is 6.20 Å². The fourth-order valence-corrected chi connectivity index (χ4v) is 3.53. The Balaban J connectivity index is 1.98. The van der Waals surface area contributed by atoms with E-state index in [0.717, 1.165) is 25.7 Å². The number of alkyl halides is 3. The molecule has 1 fully saturated rings. The van der Waals surface area contributed by atoms with Crippen LogP contribution in [0.5, 0.6) is 5.75 Å². The number of ether oxygens (including phenoxy) is 1. The van der Waals surface area contributed by atoms with E-state index in [9.17, 15) is 18.0 Å². The number of halogens is 3. The Bertz CT molecular complexity index is 1000. The third-order valence-corrected chi connectivity index (χ3v) is 4.79. The average molecular weight is 379 g/mol. The van der Waals surface area contributed by atoms with Gasteiger partial charge >= 0.3 is 6.18 Å². The van der Waals surface area contributed by atoms with Crippen LogP contribution in [-0.4, -0.2) is 31.8 Å². The van der Waals surface area contributed by atoms with E-state index in [4.69, 9.17) is 4.74 Å². The lowest BCUT2D eigenvalue weighted by Crippen LogP contribution is -2.18. The molecule has 0 aromatic carbocycles. The van der Waals surface area contributed by atoms with E-state index in [1.807, 2.05) is 0 Å². The summed E-state index contributed by atoms with van der Waals surface area (Å²) in [7, 11) is 1.42. The van der Waals surface area contributed by atoms with Crippen LogP contribution < -0.4 is 10.3 Å². The number of rotatable bonds is 3. The lowest BCUT2D eigenvalue weighted by atomic mass is 10.1. The number of aromatic nitrogens is 5. The minimum atomic E-state index is -4.71. The Morgan fingerprint density at radius 1 is 1.26 bits per heavy atom. The zero-order valence-corrected chi connectivity index (χ0v) is 14.4. The van der Waals surface area contributed by atoms with Gasteiger partial charge in [-0.1, -0.05) is 12.8 Å². The highest BCUT2D eigenvalue weighted by Gasteiger charge is 2.41. The molecule has 0 amide bonds. The van der Waals surface area contributed by atoms with E-state index < -0.39 is 23.0 Å². The summed E-state index contributed by atoms with van der Waals surface area (Å²) in [5, 5.41) is 2.37. The lowest BCUT2D eigenvalue weighted by molar-refractivity contribution is -0.141. The highest BCUT2D eigenvalue weighted by Crippen LogP contribution is 2.40. The monoisotopic (exact) mass is 379 g/mol. The second kappa shape index (κ2) is 6.36. The number of H-pyrrole nitrogens is 1. The number of nitrogens with one attached hydrogen (secondary N) is 1. The lowest BCUT2D eigenvalue weighted by Gasteiger charge is -2.14. The predicted octanol–water partition coefficient (Wildman–Crippen LogP) is 3.28. The van der Waals surface area contributed by atoms with Crippen molar-refractivity contribution in [3.63, 3.8) is 0 Å². The molecule has 1 saturated carbocycles. The predicted molar refractivity (Wildman–Crippen MR) is 89.6 cm³/mol. The Hall–Kier alpha value is -2.91. The number of fused-ring (bicyclic) bond motifs is 1. The van der Waals surface area contributed by atoms with Crippen LogP contribution in [0.2, 0.25) is 0 Å². The van der Waals surface area contributed by atoms with Gasteiger partial charge in [-0.3, -0.25) is 19.6 Å². The van der Waals surface area contributed by atoms with Crippen molar-refractivity contribution in [2.24, 2.45) is 0 Å². The first-order valence-electron chi connectivity index (χ1n) is 8.48. The van der Waals surface area contributed by atoms with E-state index in [2.05, 4.69) is 20.1 Å². The summed E-state index contributed by atoms with van der Waals surface area (Å²) in [4.78, 5) is 24.5. The third kappa shape index (κ3) is 2.94. The Morgan fingerprint density at radius 2 is 2.00 bits per heavy atom. The smallest absolute Gasteiger partial charge is 0.433 e. The van der Waals surface area contributed by atoms with Gasteiger partial charge in [-0.05, 0) is 18.9 Å². The third-order valence-electron chi connectivity index (χ3n) is 4.79. The van der Waals surface area contributed by atoms with Gasteiger partial charge in [0.05, 0.1) is 24.9 Å². The van der Waals surface area contributed by atoms with Crippen LogP contribution in [-0.2, 0) is 6.18 Å². The molecule has 2 aliphatic heterocycles. The van der Waals surface area contributed by atoms with Crippen LogP contribution in [0.15, 0.2) is 23.3 Å². The summed E-state index contributed by atoms with van der Waals surface area (Å²) in [6.45, 7) is 0. The molecule has 0 atom stereocenters. The topological polar surface area (TPSA) is 85.7 Å². The van der Waals surface area contributed by atoms with Gasteiger partial charge in [-0.15, -0.1) is 0 Å². The quantitative estimate of drug-likeness (QED) is 0.755. The van der Waals surface area contributed by atoms with Gasteiger partial charge in [0.2, 0.25) is 0 Å². The molecule has 1 aromatic heterocycles. The van der Waals surface area contributed by atoms with Crippen molar-refractivity contribution in [3.05, 3.63) is 34.5 Å². The van der Waals surface area contributed by atoms with Crippen molar-refractivity contribution in [2.75, 3.05) is 7.11 Å². The number of methoxy groups -OCH3 is 1. The maximum Gasteiger partial charge on any atom is 0.433 e. The number of pyridine rings is 1. The summed E-state index contributed by atoms with van der Waals surface area (Å²) in [5.74, 6) is 0.296. The molecular formula is C17H16F3N5O2. The molecule has 10 heteroatoms. The van der Waals surface area contributed by atoms with Gasteiger partial charge in [-0.2, -0.15) is 18.2 Å². The average Bonchev–Trinajstić information content (AvgIpc) is 3.28. The summed E-state index contributed by atoms with van der Waals surface area (Å²) in [6.07, 6.45) is 1.48. The molecule has 27 heavy (non-hydrogen) atoms. The van der Waals surface area contributed by atoms with Crippen molar-refractivity contribution >= 4 is 0 Å². The maximum absolute atomic E-state index is 13.5. The molecule has 142 valence electrons. The fraction of sp³-hybridized carbons (Fsp3) is 0.412. The summed E-state index contributed by atoms with van der Waals surface area (Å²) in [6, 6.07) is 1.39. The van der Waals surface area contributed by atoms with Crippen molar-refractivity contribution in [1.29, 1.82) is 0 Å². The minimum absolute atomic E-state index is 0.00576. The summed E-state index contributed by atoms with van der Waals surface area (Å²) >= 11 is 0. The maximum atomic E-state index is 13.5. The van der Waals surface area contributed by atoms with E-state index in [1.165, 1.54) is 24.2 Å². The number of hydrogen-bond donors (Lipinski definition) is 1. The molecular weight excluding hydrogens is 363 g/mol. The molecule has 0 unspecified atom stereocenters. The molecule has 1 aromatic rings. The normalized spacial score (nSPS) is 15.6. The number of hydrogen-bond acceptors (Lipinski definition) is 5. The van der Waals surface area contributed by atoms with Gasteiger partial charge in [0.25, 0.3) is 5.56 Å². The summed E-state index contributed by atoms with van der Waals surface area (Å²) in [5.41, 5.74) is -2.23. The van der Waals surface area contributed by atoms with Crippen molar-refractivity contribution in [1.82, 2.24) is 24.7 Å². The number of nitrogens with zero attached hydrogens (tertiary/aromatic N) is 4.